The van der Waals surface area contributed by atoms with Crippen LogP contribution in [0.4, 0.5) is 0 Å². The van der Waals surface area contributed by atoms with Gasteiger partial charge in [-0.1, -0.05) is 23.8 Å². The van der Waals surface area contributed by atoms with Crippen molar-refractivity contribution in [2.24, 2.45) is 10.3 Å². The van der Waals surface area contributed by atoms with Crippen LogP contribution in [0.5, 0.6) is 0 Å². The zero-order valence-electron chi connectivity index (χ0n) is 11.5. The van der Waals surface area contributed by atoms with Crippen LogP contribution < -0.4 is 0 Å². The average molecular weight is 279 g/mol. The molecule has 3 nitrogen and oxygen atoms in total. The maximum atomic E-state index is 13.0. The van der Waals surface area contributed by atoms with Crippen molar-refractivity contribution in [2.75, 3.05) is 7.05 Å². The Morgan fingerprint density at radius 3 is 2.68 bits per heavy atom. The molecule has 1 fully saturated rings. The molecular weight excluding hydrogens is 258 g/mol. The SMILES string of the molecule is CN=S(=O)(/C=C1/CCC[C@@H]1[C@@H](C)O)c1ccccc1. The fourth-order valence-corrected chi connectivity index (χ4v) is 4.34. The van der Waals surface area contributed by atoms with E-state index >= 15 is 0 Å². The predicted molar refractivity (Wildman–Crippen MR) is 78.3 cm³/mol. The molecule has 19 heavy (non-hydrogen) atoms. The van der Waals surface area contributed by atoms with E-state index in [4.69, 9.17) is 0 Å². The summed E-state index contributed by atoms with van der Waals surface area (Å²) in [4.78, 5) is 0.737. The van der Waals surface area contributed by atoms with Crippen LogP contribution in [0, 0.1) is 5.92 Å². The summed E-state index contributed by atoms with van der Waals surface area (Å²) in [7, 11) is -0.908. The maximum Gasteiger partial charge on any atom is 0.0966 e. The second-order valence-electron chi connectivity index (χ2n) is 5.00. The molecule has 2 rings (SSSR count). The number of hydrogen-bond donors (Lipinski definition) is 1. The first-order valence-electron chi connectivity index (χ1n) is 6.65. The molecule has 1 unspecified atom stereocenters. The molecule has 1 aliphatic carbocycles. The van der Waals surface area contributed by atoms with E-state index in [1.807, 2.05) is 30.3 Å². The van der Waals surface area contributed by atoms with Gasteiger partial charge < -0.3 is 5.11 Å². The van der Waals surface area contributed by atoms with E-state index in [1.54, 1.807) is 19.4 Å². The van der Waals surface area contributed by atoms with Gasteiger partial charge in [0.15, 0.2) is 0 Å². The highest BCUT2D eigenvalue weighted by atomic mass is 32.2. The molecule has 0 radical (unpaired) electrons. The predicted octanol–water partition coefficient (Wildman–Crippen LogP) is 3.21. The quantitative estimate of drug-likeness (QED) is 0.923. The first-order valence-corrected chi connectivity index (χ1v) is 8.23. The van der Waals surface area contributed by atoms with E-state index in [9.17, 15) is 9.32 Å². The summed E-state index contributed by atoms with van der Waals surface area (Å²) in [6, 6.07) is 9.34. The van der Waals surface area contributed by atoms with Gasteiger partial charge in [-0.3, -0.25) is 0 Å². The number of nitrogens with zero attached hydrogens (tertiary/aromatic N) is 1. The molecule has 1 N–H and O–H groups in total. The van der Waals surface area contributed by atoms with E-state index < -0.39 is 9.73 Å². The fraction of sp³-hybridized carbons (Fsp3) is 0.467. The van der Waals surface area contributed by atoms with Gasteiger partial charge in [0.25, 0.3) is 0 Å². The number of rotatable bonds is 3. The third-order valence-corrected chi connectivity index (χ3v) is 5.81. The minimum absolute atomic E-state index is 0.131. The third kappa shape index (κ3) is 3.07. The Hall–Kier alpha value is -1.13. The van der Waals surface area contributed by atoms with Gasteiger partial charge in [-0.15, -0.1) is 0 Å². The van der Waals surface area contributed by atoms with E-state index in [1.165, 1.54) is 0 Å². The molecule has 0 aliphatic heterocycles. The van der Waals surface area contributed by atoms with Gasteiger partial charge in [0, 0.05) is 18.4 Å². The standard InChI is InChI=1S/C15H21NO2S/c1-12(17)15-10-6-7-13(15)11-19(18,16-2)14-8-4-3-5-9-14/h3-5,8-9,11-12,15,17H,6-7,10H2,1-2H3/b13-11-/t12-,15-,19?/m1/s1. The highest BCUT2D eigenvalue weighted by molar-refractivity contribution is 7.96. The lowest BCUT2D eigenvalue weighted by Gasteiger charge is -2.16. The summed E-state index contributed by atoms with van der Waals surface area (Å²) in [5.74, 6) is 0.131. The van der Waals surface area contributed by atoms with Crippen molar-refractivity contribution in [1.82, 2.24) is 0 Å². The number of aliphatic hydroxyl groups is 1. The Balaban J connectivity index is 2.42. The molecule has 1 aromatic rings. The lowest BCUT2D eigenvalue weighted by Crippen LogP contribution is -2.15. The smallest absolute Gasteiger partial charge is 0.0966 e. The summed E-state index contributed by atoms with van der Waals surface area (Å²) >= 11 is 0. The molecule has 104 valence electrons. The molecule has 0 amide bonds. The summed E-state index contributed by atoms with van der Waals surface area (Å²) in [5, 5.41) is 11.6. The lowest BCUT2D eigenvalue weighted by atomic mass is 9.99. The van der Waals surface area contributed by atoms with Crippen LogP contribution in [-0.4, -0.2) is 22.5 Å². The third-order valence-electron chi connectivity index (χ3n) is 3.70. The van der Waals surface area contributed by atoms with Crippen LogP contribution in [-0.2, 0) is 9.73 Å². The number of hydrogen-bond acceptors (Lipinski definition) is 3. The van der Waals surface area contributed by atoms with Crippen molar-refractivity contribution in [3.05, 3.63) is 41.3 Å². The van der Waals surface area contributed by atoms with Crippen LogP contribution in [0.1, 0.15) is 26.2 Å². The summed E-state index contributed by atoms with van der Waals surface area (Å²) in [6.45, 7) is 1.80. The Morgan fingerprint density at radius 1 is 1.42 bits per heavy atom. The van der Waals surface area contributed by atoms with Crippen molar-refractivity contribution in [3.8, 4) is 0 Å². The van der Waals surface area contributed by atoms with E-state index in [2.05, 4.69) is 4.36 Å². The average Bonchev–Trinajstić information content (AvgIpc) is 2.87. The molecule has 0 saturated heterocycles. The Labute approximate surface area is 115 Å². The Morgan fingerprint density at radius 2 is 2.11 bits per heavy atom. The molecule has 1 aromatic carbocycles. The minimum Gasteiger partial charge on any atom is -0.393 e. The van der Waals surface area contributed by atoms with E-state index in [0.717, 1.165) is 29.7 Å². The Kier molecular flexibility index (Phi) is 4.42. The van der Waals surface area contributed by atoms with Gasteiger partial charge in [0.05, 0.1) is 20.7 Å². The topological polar surface area (TPSA) is 49.7 Å². The highest BCUT2D eigenvalue weighted by Gasteiger charge is 2.26. The van der Waals surface area contributed by atoms with Crippen molar-refractivity contribution < 1.29 is 9.32 Å². The van der Waals surface area contributed by atoms with Crippen molar-refractivity contribution in [1.29, 1.82) is 0 Å². The summed E-state index contributed by atoms with van der Waals surface area (Å²) in [6.07, 6.45) is 2.55. The van der Waals surface area contributed by atoms with Gasteiger partial charge in [0.1, 0.15) is 0 Å². The molecule has 0 spiro atoms. The van der Waals surface area contributed by atoms with Gasteiger partial charge in [-0.05, 0) is 38.3 Å². The summed E-state index contributed by atoms with van der Waals surface area (Å²) < 4.78 is 17.1. The van der Waals surface area contributed by atoms with Crippen molar-refractivity contribution in [2.45, 2.75) is 37.2 Å². The molecule has 0 heterocycles. The van der Waals surface area contributed by atoms with Crippen LogP contribution in [0.2, 0.25) is 0 Å². The second kappa shape index (κ2) is 5.88. The summed E-state index contributed by atoms with van der Waals surface area (Å²) in [5.41, 5.74) is 1.09. The van der Waals surface area contributed by atoms with E-state index in [-0.39, 0.29) is 12.0 Å². The number of aliphatic hydroxyl groups excluding tert-OH is 1. The largest absolute Gasteiger partial charge is 0.393 e. The van der Waals surface area contributed by atoms with Crippen molar-refractivity contribution >= 4 is 9.73 Å². The molecular formula is C15H21NO2S. The van der Waals surface area contributed by atoms with Gasteiger partial charge in [-0.2, -0.15) is 0 Å². The first kappa shape index (κ1) is 14.3. The van der Waals surface area contributed by atoms with Gasteiger partial charge >= 0.3 is 0 Å². The zero-order valence-corrected chi connectivity index (χ0v) is 12.3. The molecule has 4 heteroatoms. The van der Waals surface area contributed by atoms with Gasteiger partial charge in [-0.25, -0.2) is 8.57 Å². The molecule has 3 atom stereocenters. The van der Waals surface area contributed by atoms with Crippen LogP contribution in [0.25, 0.3) is 0 Å². The fourth-order valence-electron chi connectivity index (χ4n) is 2.64. The Bertz CT molecular complexity index is 569. The second-order valence-corrected chi connectivity index (χ2v) is 7.21. The highest BCUT2D eigenvalue weighted by Crippen LogP contribution is 2.35. The number of benzene rings is 1. The zero-order chi connectivity index (χ0) is 13.9. The minimum atomic E-state index is -2.50. The lowest BCUT2D eigenvalue weighted by molar-refractivity contribution is 0.146. The normalized spacial score (nSPS) is 26.1. The van der Waals surface area contributed by atoms with Crippen molar-refractivity contribution in [3.63, 3.8) is 0 Å². The molecule has 0 bridgehead atoms. The van der Waals surface area contributed by atoms with Crippen LogP contribution in [0.15, 0.2) is 50.6 Å². The van der Waals surface area contributed by atoms with E-state index in [0.29, 0.717) is 0 Å². The molecule has 1 aliphatic rings. The van der Waals surface area contributed by atoms with Crippen LogP contribution in [0.3, 0.4) is 0 Å². The molecule has 0 aromatic heterocycles. The maximum absolute atomic E-state index is 13.0. The van der Waals surface area contributed by atoms with Gasteiger partial charge in [0.2, 0.25) is 0 Å². The van der Waals surface area contributed by atoms with Crippen LogP contribution >= 0.6 is 0 Å². The monoisotopic (exact) mass is 279 g/mol. The molecule has 1 saturated carbocycles. The first-order chi connectivity index (χ1) is 9.07.